The molecule has 6 aromatic rings. The van der Waals surface area contributed by atoms with Crippen LogP contribution in [0.3, 0.4) is 0 Å². The zero-order valence-electron chi connectivity index (χ0n) is 20.4. The Balaban J connectivity index is 1.59. The molecule has 34 heavy (non-hydrogen) atoms. The third kappa shape index (κ3) is 3.14. The van der Waals surface area contributed by atoms with Crippen molar-refractivity contribution in [3.63, 3.8) is 0 Å². The predicted molar refractivity (Wildman–Crippen MR) is 156 cm³/mol. The molecule has 1 heteroatoms. The molecule has 0 saturated carbocycles. The van der Waals surface area contributed by atoms with E-state index in [-0.39, 0.29) is 0 Å². The number of fused-ring (bicyclic) bond motifs is 9. The van der Waals surface area contributed by atoms with Gasteiger partial charge in [0.15, 0.2) is 0 Å². The van der Waals surface area contributed by atoms with Crippen molar-refractivity contribution in [3.05, 3.63) is 91.0 Å². The summed E-state index contributed by atoms with van der Waals surface area (Å²) in [6.45, 7) is 7.11. The maximum absolute atomic E-state index is 2.50. The van der Waals surface area contributed by atoms with Gasteiger partial charge in [-0.25, -0.2) is 10.0 Å². The van der Waals surface area contributed by atoms with E-state index in [0.29, 0.717) is 0 Å². The molecule has 0 amide bonds. The summed E-state index contributed by atoms with van der Waals surface area (Å²) in [5.41, 5.74) is 0. The average Bonchev–Trinajstić information content (AvgIpc) is 2.90. The lowest BCUT2D eigenvalue weighted by molar-refractivity contribution is 1.08. The molecule has 0 aromatic heterocycles. The largest absolute Gasteiger partial charge is 0.215 e. The van der Waals surface area contributed by atoms with E-state index < -0.39 is 10.0 Å². The Morgan fingerprint density at radius 3 is 1.53 bits per heavy atom. The molecular weight excluding hydrogens is 428 g/mol. The van der Waals surface area contributed by atoms with Crippen molar-refractivity contribution < 1.29 is 0 Å². The maximum Gasteiger partial charge on any atom is -0.00928 e. The minimum Gasteiger partial charge on any atom is -0.215 e. The topological polar surface area (TPSA) is 0 Å². The van der Waals surface area contributed by atoms with E-state index in [4.69, 9.17) is 0 Å². The fraction of sp³-hybridized carbons (Fsp3) is 0.212. The lowest BCUT2D eigenvalue weighted by Gasteiger charge is -2.39. The number of hydrogen-bond acceptors (Lipinski definition) is 0. The molecule has 6 rings (SSSR count). The van der Waals surface area contributed by atoms with Gasteiger partial charge in [0.25, 0.3) is 0 Å². The molecule has 0 aliphatic rings. The number of rotatable bonds is 5. The van der Waals surface area contributed by atoms with E-state index in [9.17, 15) is 0 Å². The van der Waals surface area contributed by atoms with Crippen LogP contribution < -0.4 is 0 Å². The van der Waals surface area contributed by atoms with Crippen LogP contribution in [-0.4, -0.2) is 17.3 Å². The first-order chi connectivity index (χ1) is 16.7. The monoisotopic (exact) mass is 460 g/mol. The lowest BCUT2D eigenvalue weighted by Crippen LogP contribution is -2.10. The van der Waals surface area contributed by atoms with Crippen LogP contribution in [-0.2, 0) is 0 Å². The van der Waals surface area contributed by atoms with Gasteiger partial charge in [-0.1, -0.05) is 99.6 Å². The normalized spacial score (nSPS) is 12.9. The van der Waals surface area contributed by atoms with Gasteiger partial charge in [-0.3, -0.25) is 0 Å². The first-order valence-electron chi connectivity index (χ1n) is 12.6. The highest BCUT2D eigenvalue weighted by Crippen LogP contribution is 2.56. The first kappa shape index (κ1) is 21.5. The van der Waals surface area contributed by atoms with Crippen molar-refractivity contribution in [2.45, 2.75) is 32.1 Å². The molecule has 0 atom stereocenters. The Morgan fingerprint density at radius 2 is 0.941 bits per heavy atom. The maximum atomic E-state index is 2.50. The average molecular weight is 461 g/mol. The van der Waals surface area contributed by atoms with Crippen molar-refractivity contribution in [1.82, 2.24) is 0 Å². The molecule has 6 aromatic carbocycles. The van der Waals surface area contributed by atoms with E-state index in [0.717, 1.165) is 0 Å². The molecule has 0 aliphatic heterocycles. The Hall–Kier alpha value is -3.03. The van der Waals surface area contributed by atoms with Crippen LogP contribution in [0.15, 0.2) is 95.9 Å². The van der Waals surface area contributed by atoms with Crippen molar-refractivity contribution in [1.29, 1.82) is 0 Å². The van der Waals surface area contributed by atoms with Crippen LogP contribution >= 0.6 is 10.0 Å². The highest BCUT2D eigenvalue weighted by Gasteiger charge is 2.22. The van der Waals surface area contributed by atoms with Gasteiger partial charge in [0.2, 0.25) is 0 Å². The lowest BCUT2D eigenvalue weighted by atomic mass is 9.92. The fourth-order valence-electron chi connectivity index (χ4n) is 6.04. The fourth-order valence-corrected chi connectivity index (χ4v) is 9.45. The van der Waals surface area contributed by atoms with Gasteiger partial charge in [0, 0.05) is 0 Å². The zero-order chi connectivity index (χ0) is 23.3. The third-order valence-corrected chi connectivity index (χ3v) is 12.6. The van der Waals surface area contributed by atoms with Crippen molar-refractivity contribution in [2.24, 2.45) is 0 Å². The SMILES string of the molecule is CCCS(CC)(CC)c1ccc2c(ccc3c2ccc2c4ccc5ccccc5c4ccc32)c1. The quantitative estimate of drug-likeness (QED) is 0.224. The second-order valence-electron chi connectivity index (χ2n) is 9.48. The third-order valence-electron chi connectivity index (χ3n) is 7.91. The van der Waals surface area contributed by atoms with Crippen molar-refractivity contribution >= 4 is 63.9 Å². The summed E-state index contributed by atoms with van der Waals surface area (Å²) < 4.78 is 0. The summed E-state index contributed by atoms with van der Waals surface area (Å²) in [6, 6.07) is 34.6. The number of hydrogen-bond donors (Lipinski definition) is 0. The Kier molecular flexibility index (Phi) is 5.26. The summed E-state index contributed by atoms with van der Waals surface area (Å²) >= 11 is 0. The van der Waals surface area contributed by atoms with Crippen LogP contribution in [0, 0.1) is 0 Å². The van der Waals surface area contributed by atoms with Crippen LogP contribution in [0.2, 0.25) is 0 Å². The number of benzene rings is 6. The van der Waals surface area contributed by atoms with Gasteiger partial charge in [-0.05, 0) is 94.6 Å². The summed E-state index contributed by atoms with van der Waals surface area (Å²) in [7, 11) is -0.723. The van der Waals surface area contributed by atoms with Gasteiger partial charge < -0.3 is 0 Å². The highest BCUT2D eigenvalue weighted by atomic mass is 32.3. The van der Waals surface area contributed by atoms with E-state index >= 15 is 0 Å². The van der Waals surface area contributed by atoms with E-state index in [1.54, 1.807) is 4.90 Å². The molecule has 0 N–H and O–H groups in total. The molecule has 170 valence electrons. The first-order valence-corrected chi connectivity index (χ1v) is 14.8. The predicted octanol–water partition coefficient (Wildman–Crippen LogP) is 10.1. The molecule has 0 unspecified atom stereocenters. The van der Waals surface area contributed by atoms with Crippen LogP contribution in [0.5, 0.6) is 0 Å². The molecule has 0 fully saturated rings. The van der Waals surface area contributed by atoms with E-state index in [1.807, 2.05) is 0 Å². The van der Waals surface area contributed by atoms with Crippen LogP contribution in [0.1, 0.15) is 27.2 Å². The molecule has 0 saturated heterocycles. The van der Waals surface area contributed by atoms with Crippen molar-refractivity contribution in [2.75, 3.05) is 17.3 Å². The van der Waals surface area contributed by atoms with E-state index in [1.165, 1.54) is 77.5 Å². The van der Waals surface area contributed by atoms with Gasteiger partial charge in [-0.2, -0.15) is 0 Å². The smallest absolute Gasteiger partial charge is 0.00928 e. The minimum atomic E-state index is -0.723. The molecule has 0 aliphatic carbocycles. The molecule has 0 spiro atoms. The second kappa shape index (κ2) is 8.32. The molecular formula is C33H32S. The minimum absolute atomic E-state index is 0.723. The summed E-state index contributed by atoms with van der Waals surface area (Å²) in [5, 5.41) is 13.5. The summed E-state index contributed by atoms with van der Waals surface area (Å²) in [4.78, 5) is 1.59. The Morgan fingerprint density at radius 1 is 0.471 bits per heavy atom. The Bertz CT molecular complexity index is 1690. The van der Waals surface area contributed by atoms with Gasteiger partial charge in [0.05, 0.1) is 0 Å². The Labute approximate surface area is 203 Å². The standard InChI is InChI=1S/C33H32S/c1-4-21-34(5-2,6-3)25-13-16-27-24(22-25)12-15-31-29(27)18-20-32-30-14-11-23-9-7-8-10-26(23)28(30)17-19-33(31)32/h7-20,22H,4-6,21H2,1-3H3. The molecule has 0 heterocycles. The van der Waals surface area contributed by atoms with Crippen LogP contribution in [0.25, 0.3) is 53.9 Å². The molecule has 0 bridgehead atoms. The van der Waals surface area contributed by atoms with Crippen molar-refractivity contribution in [3.8, 4) is 0 Å². The zero-order valence-corrected chi connectivity index (χ0v) is 21.2. The van der Waals surface area contributed by atoms with Gasteiger partial charge in [0.1, 0.15) is 0 Å². The molecule has 0 radical (unpaired) electrons. The van der Waals surface area contributed by atoms with E-state index in [2.05, 4.69) is 112 Å². The summed E-state index contributed by atoms with van der Waals surface area (Å²) in [5.74, 6) is 3.90. The summed E-state index contributed by atoms with van der Waals surface area (Å²) in [6.07, 6.45) is 1.27. The van der Waals surface area contributed by atoms with Gasteiger partial charge in [-0.15, -0.1) is 0 Å². The second-order valence-corrected chi connectivity index (χ2v) is 13.6. The molecule has 0 nitrogen and oxygen atoms in total. The van der Waals surface area contributed by atoms with Crippen LogP contribution in [0.4, 0.5) is 0 Å². The highest BCUT2D eigenvalue weighted by molar-refractivity contribution is 8.33. The van der Waals surface area contributed by atoms with Gasteiger partial charge >= 0.3 is 0 Å².